The Balaban J connectivity index is 0. The van der Waals surface area contributed by atoms with Gasteiger partial charge in [-0.05, 0) is 12.3 Å². The van der Waals surface area contributed by atoms with E-state index in [1.165, 1.54) is 0 Å². The summed E-state index contributed by atoms with van der Waals surface area (Å²) in [5.74, 6) is 0.671. The fourth-order valence-electron chi connectivity index (χ4n) is 0.992. The van der Waals surface area contributed by atoms with Crippen molar-refractivity contribution in [2.24, 2.45) is 5.92 Å². The molecule has 0 fully saturated rings. The van der Waals surface area contributed by atoms with Gasteiger partial charge in [0, 0.05) is 0 Å². The standard InChI is InChI=1S/C8H18O4S.Li/c1-8(2)6-4-3-5-7-12-13(9,10)11;/h8H,3-7H2,1-2H3,(H,9,10,11);/q;+1/p-1. The Kier molecular flexibility index (Phi) is 10.6. The summed E-state index contributed by atoms with van der Waals surface area (Å²) in [4.78, 5) is 0. The van der Waals surface area contributed by atoms with Crippen molar-refractivity contribution < 1.29 is 36.0 Å². The Morgan fingerprint density at radius 1 is 1.21 bits per heavy atom. The molecule has 0 aromatic rings. The Bertz CT molecular complexity index is 213. The van der Waals surface area contributed by atoms with Gasteiger partial charge in [0.1, 0.15) is 0 Å². The molecular formula is C8H17LiO4S. The van der Waals surface area contributed by atoms with Crippen molar-refractivity contribution in [2.75, 3.05) is 6.61 Å². The fraction of sp³-hybridized carbons (Fsp3) is 1.00. The minimum atomic E-state index is -4.48. The molecule has 0 saturated carbocycles. The smallest absolute Gasteiger partial charge is 0.726 e. The molecule has 4 nitrogen and oxygen atoms in total. The van der Waals surface area contributed by atoms with Gasteiger partial charge >= 0.3 is 18.9 Å². The number of hydrogen-bond donors (Lipinski definition) is 0. The van der Waals surface area contributed by atoms with Gasteiger partial charge in [-0.1, -0.05) is 33.1 Å². The van der Waals surface area contributed by atoms with Gasteiger partial charge in [0.05, 0.1) is 6.61 Å². The summed E-state index contributed by atoms with van der Waals surface area (Å²) in [5, 5.41) is 0. The van der Waals surface area contributed by atoms with Gasteiger partial charge in [-0.15, -0.1) is 0 Å². The van der Waals surface area contributed by atoms with E-state index < -0.39 is 10.4 Å². The first-order valence-corrected chi connectivity index (χ1v) is 5.85. The van der Waals surface area contributed by atoms with Crippen LogP contribution in [-0.2, 0) is 14.6 Å². The number of rotatable bonds is 7. The summed E-state index contributed by atoms with van der Waals surface area (Å²) in [6.07, 6.45) is 3.73. The maximum absolute atomic E-state index is 9.99. The number of unbranched alkanes of at least 4 members (excludes halogenated alkanes) is 2. The fourth-order valence-corrected chi connectivity index (χ4v) is 1.31. The third kappa shape index (κ3) is 15.0. The Labute approximate surface area is 98.5 Å². The molecule has 0 bridgehead atoms. The summed E-state index contributed by atoms with van der Waals surface area (Å²) in [7, 11) is -4.48. The molecule has 0 aliphatic rings. The van der Waals surface area contributed by atoms with Crippen LogP contribution in [0.25, 0.3) is 0 Å². The van der Waals surface area contributed by atoms with Crippen molar-refractivity contribution in [1.82, 2.24) is 0 Å². The van der Waals surface area contributed by atoms with Crippen LogP contribution in [-0.4, -0.2) is 19.6 Å². The molecule has 0 aliphatic heterocycles. The van der Waals surface area contributed by atoms with Gasteiger partial charge < -0.3 is 4.55 Å². The van der Waals surface area contributed by atoms with Crippen LogP contribution < -0.4 is 18.9 Å². The van der Waals surface area contributed by atoms with Crippen LogP contribution in [0.5, 0.6) is 0 Å². The average Bonchev–Trinajstić information content (AvgIpc) is 1.93. The summed E-state index contributed by atoms with van der Waals surface area (Å²) in [6.45, 7) is 4.29. The monoisotopic (exact) mass is 216 g/mol. The molecule has 0 rings (SSSR count). The molecule has 6 heteroatoms. The van der Waals surface area contributed by atoms with Crippen LogP contribution in [0.4, 0.5) is 0 Å². The van der Waals surface area contributed by atoms with Crippen LogP contribution in [0, 0.1) is 5.92 Å². The van der Waals surface area contributed by atoms with E-state index in [4.69, 9.17) is 0 Å². The molecular weight excluding hydrogens is 199 g/mol. The Morgan fingerprint density at radius 2 is 1.79 bits per heavy atom. The van der Waals surface area contributed by atoms with Crippen molar-refractivity contribution in [1.29, 1.82) is 0 Å². The first-order chi connectivity index (χ1) is 5.92. The summed E-state index contributed by atoms with van der Waals surface area (Å²) in [6, 6.07) is 0. The van der Waals surface area contributed by atoms with E-state index in [2.05, 4.69) is 18.0 Å². The molecule has 0 aliphatic carbocycles. The van der Waals surface area contributed by atoms with Gasteiger partial charge in [-0.2, -0.15) is 0 Å². The van der Waals surface area contributed by atoms with E-state index in [1.54, 1.807) is 0 Å². The minimum absolute atomic E-state index is 0. The summed E-state index contributed by atoms with van der Waals surface area (Å²) < 4.78 is 34.0. The van der Waals surface area contributed by atoms with Crippen LogP contribution in [0.2, 0.25) is 0 Å². The molecule has 0 aromatic carbocycles. The van der Waals surface area contributed by atoms with Crippen molar-refractivity contribution in [3.8, 4) is 0 Å². The van der Waals surface area contributed by atoms with Crippen molar-refractivity contribution in [2.45, 2.75) is 39.5 Å². The van der Waals surface area contributed by atoms with Gasteiger partial charge in [0.15, 0.2) is 0 Å². The predicted molar refractivity (Wildman–Crippen MR) is 49.0 cm³/mol. The molecule has 14 heavy (non-hydrogen) atoms. The minimum Gasteiger partial charge on any atom is -0.726 e. The molecule has 0 N–H and O–H groups in total. The van der Waals surface area contributed by atoms with E-state index in [-0.39, 0.29) is 25.5 Å². The van der Waals surface area contributed by atoms with E-state index >= 15 is 0 Å². The molecule has 0 radical (unpaired) electrons. The SMILES string of the molecule is CC(C)CCCCCOS(=O)(=O)[O-].[Li+]. The maximum atomic E-state index is 9.99. The maximum Gasteiger partial charge on any atom is 1.00 e. The van der Waals surface area contributed by atoms with E-state index in [0.29, 0.717) is 12.3 Å². The van der Waals surface area contributed by atoms with Crippen molar-refractivity contribution in [3.05, 3.63) is 0 Å². The molecule has 0 atom stereocenters. The van der Waals surface area contributed by atoms with Crippen LogP contribution in [0.1, 0.15) is 39.5 Å². The summed E-state index contributed by atoms with van der Waals surface area (Å²) >= 11 is 0. The normalized spacial score (nSPS) is 11.4. The zero-order valence-electron chi connectivity index (χ0n) is 9.15. The van der Waals surface area contributed by atoms with E-state index in [1.807, 2.05) is 0 Å². The van der Waals surface area contributed by atoms with E-state index in [9.17, 15) is 13.0 Å². The zero-order chi connectivity index (χ0) is 10.3. The van der Waals surface area contributed by atoms with Crippen molar-refractivity contribution >= 4 is 10.4 Å². The predicted octanol–water partition coefficient (Wildman–Crippen LogP) is -1.32. The second kappa shape index (κ2) is 8.75. The Hall–Kier alpha value is 0.467. The number of hydrogen-bond acceptors (Lipinski definition) is 4. The van der Waals surface area contributed by atoms with Crippen LogP contribution in [0.15, 0.2) is 0 Å². The third-order valence-corrected chi connectivity index (χ3v) is 2.11. The van der Waals surface area contributed by atoms with Gasteiger partial charge in [0.2, 0.25) is 10.4 Å². The molecule has 0 spiro atoms. The third-order valence-electron chi connectivity index (χ3n) is 1.65. The quantitative estimate of drug-likeness (QED) is 0.229. The first kappa shape index (κ1) is 16.9. The van der Waals surface area contributed by atoms with Crippen molar-refractivity contribution in [3.63, 3.8) is 0 Å². The van der Waals surface area contributed by atoms with Crippen LogP contribution >= 0.6 is 0 Å². The largest absolute Gasteiger partial charge is 1.00 e. The first-order valence-electron chi connectivity index (χ1n) is 4.52. The topological polar surface area (TPSA) is 66.4 Å². The van der Waals surface area contributed by atoms with Gasteiger partial charge in [-0.25, -0.2) is 8.42 Å². The van der Waals surface area contributed by atoms with Gasteiger partial charge in [0.25, 0.3) is 0 Å². The molecule has 0 aromatic heterocycles. The van der Waals surface area contributed by atoms with Crippen LogP contribution in [0.3, 0.4) is 0 Å². The average molecular weight is 216 g/mol. The second-order valence-electron chi connectivity index (χ2n) is 3.47. The van der Waals surface area contributed by atoms with Gasteiger partial charge in [-0.3, -0.25) is 4.18 Å². The second-order valence-corrected chi connectivity index (χ2v) is 4.53. The zero-order valence-corrected chi connectivity index (χ0v) is 9.97. The summed E-state index contributed by atoms with van der Waals surface area (Å²) in [5.41, 5.74) is 0. The van der Waals surface area contributed by atoms with E-state index in [0.717, 1.165) is 19.3 Å². The molecule has 80 valence electrons. The molecule has 0 heterocycles. The Morgan fingerprint density at radius 3 is 2.21 bits per heavy atom. The molecule has 0 unspecified atom stereocenters. The molecule has 0 saturated heterocycles. The molecule has 0 amide bonds.